The minimum atomic E-state index is 0.616. The maximum atomic E-state index is 5.26. The Morgan fingerprint density at radius 2 is 2.44 bits per heavy atom. The van der Waals surface area contributed by atoms with Gasteiger partial charge in [-0.05, 0) is 28.1 Å². The van der Waals surface area contributed by atoms with E-state index in [1.54, 1.807) is 31.3 Å². The topological polar surface area (TPSA) is 51.0 Å². The molecule has 0 aromatic carbocycles. The van der Waals surface area contributed by atoms with Crippen molar-refractivity contribution in [2.24, 2.45) is 0 Å². The Morgan fingerprint density at radius 3 is 3.12 bits per heavy atom. The molecule has 0 bridgehead atoms. The van der Waals surface area contributed by atoms with Crippen LogP contribution in [-0.4, -0.2) is 17.0 Å². The number of anilines is 1. The van der Waals surface area contributed by atoms with Gasteiger partial charge in [0.15, 0.2) is 0 Å². The van der Waals surface area contributed by atoms with E-state index in [0.717, 1.165) is 21.0 Å². The monoisotopic (exact) mass is 299 g/mol. The number of furan rings is 1. The minimum Gasteiger partial charge on any atom is -0.468 e. The van der Waals surface area contributed by atoms with Gasteiger partial charge in [-0.15, -0.1) is 0 Å². The largest absolute Gasteiger partial charge is 0.468 e. The van der Waals surface area contributed by atoms with E-state index >= 15 is 0 Å². The second kappa shape index (κ2) is 5.36. The quantitative estimate of drug-likeness (QED) is 0.694. The Balaban J connectivity index is 2.08. The van der Waals surface area contributed by atoms with Crippen molar-refractivity contribution in [3.05, 3.63) is 34.8 Å². The normalized spacial score (nSPS) is 10.4. The van der Waals surface area contributed by atoms with E-state index in [1.165, 1.54) is 0 Å². The molecule has 2 aromatic heterocycles. The summed E-state index contributed by atoms with van der Waals surface area (Å²) in [5.41, 5.74) is 0. The van der Waals surface area contributed by atoms with Crippen LogP contribution in [0.1, 0.15) is 5.76 Å². The molecule has 6 heteroatoms. The first kappa shape index (κ1) is 11.5. The van der Waals surface area contributed by atoms with Crippen molar-refractivity contribution in [2.75, 3.05) is 12.4 Å². The molecule has 0 fully saturated rings. The van der Waals surface area contributed by atoms with Gasteiger partial charge >= 0.3 is 0 Å². The van der Waals surface area contributed by atoms with Gasteiger partial charge in [-0.2, -0.15) is 0 Å². The van der Waals surface area contributed by atoms with Crippen LogP contribution in [0.15, 0.2) is 38.5 Å². The predicted octanol–water partition coefficient (Wildman–Crippen LogP) is 3.17. The summed E-state index contributed by atoms with van der Waals surface area (Å²) in [6, 6.07) is 3.82. The summed E-state index contributed by atoms with van der Waals surface area (Å²) >= 11 is 5.02. The van der Waals surface area contributed by atoms with E-state index in [0.29, 0.717) is 5.95 Å². The molecule has 16 heavy (non-hydrogen) atoms. The highest BCUT2D eigenvalue weighted by atomic mass is 79.9. The summed E-state index contributed by atoms with van der Waals surface area (Å²) < 4.78 is 6.15. The van der Waals surface area contributed by atoms with Gasteiger partial charge in [0.1, 0.15) is 10.8 Å². The number of thioether (sulfide) groups is 1. The second-order valence-corrected chi connectivity index (χ2v) is 4.78. The van der Waals surface area contributed by atoms with E-state index in [-0.39, 0.29) is 0 Å². The summed E-state index contributed by atoms with van der Waals surface area (Å²) in [6.45, 7) is 0. The van der Waals surface area contributed by atoms with Gasteiger partial charge in [-0.1, -0.05) is 11.8 Å². The number of hydrogen-bond acceptors (Lipinski definition) is 5. The SMILES string of the molecule is CNc1ncc(Br)c(SCc2ccco2)n1. The number of halogens is 1. The third-order valence-corrected chi connectivity index (χ3v) is 3.72. The molecule has 0 aliphatic carbocycles. The van der Waals surface area contributed by atoms with Gasteiger partial charge < -0.3 is 9.73 Å². The molecule has 4 nitrogen and oxygen atoms in total. The first-order valence-corrected chi connectivity index (χ1v) is 6.43. The van der Waals surface area contributed by atoms with Gasteiger partial charge in [0.2, 0.25) is 5.95 Å². The molecular weight excluding hydrogens is 290 g/mol. The van der Waals surface area contributed by atoms with Crippen LogP contribution in [-0.2, 0) is 5.75 Å². The molecular formula is C10H10BrN3OS. The highest BCUT2D eigenvalue weighted by molar-refractivity contribution is 9.10. The lowest BCUT2D eigenvalue weighted by atomic mass is 10.5. The maximum Gasteiger partial charge on any atom is 0.223 e. The summed E-state index contributed by atoms with van der Waals surface area (Å²) in [7, 11) is 1.80. The van der Waals surface area contributed by atoms with Crippen LogP contribution in [0.4, 0.5) is 5.95 Å². The summed E-state index contributed by atoms with van der Waals surface area (Å²) in [5.74, 6) is 2.30. The van der Waals surface area contributed by atoms with Crippen molar-refractivity contribution < 1.29 is 4.42 Å². The van der Waals surface area contributed by atoms with Crippen LogP contribution in [0, 0.1) is 0 Å². The van der Waals surface area contributed by atoms with Crippen molar-refractivity contribution in [3.63, 3.8) is 0 Å². The molecule has 0 radical (unpaired) electrons. The van der Waals surface area contributed by atoms with Crippen LogP contribution in [0.2, 0.25) is 0 Å². The smallest absolute Gasteiger partial charge is 0.223 e. The van der Waals surface area contributed by atoms with Gasteiger partial charge in [0.05, 0.1) is 16.5 Å². The highest BCUT2D eigenvalue weighted by Gasteiger charge is 2.06. The number of nitrogens with one attached hydrogen (secondary N) is 1. The zero-order chi connectivity index (χ0) is 11.4. The number of nitrogens with zero attached hydrogens (tertiary/aromatic N) is 2. The molecule has 0 unspecified atom stereocenters. The standard InChI is InChI=1S/C10H10BrN3OS/c1-12-10-13-5-8(11)9(14-10)16-6-7-3-2-4-15-7/h2-5H,6H2,1H3,(H,12,13,14). The van der Waals surface area contributed by atoms with Gasteiger partial charge in [-0.25, -0.2) is 9.97 Å². The average molecular weight is 300 g/mol. The lowest BCUT2D eigenvalue weighted by Crippen LogP contribution is -1.97. The van der Waals surface area contributed by atoms with E-state index in [1.807, 2.05) is 12.1 Å². The third kappa shape index (κ3) is 2.76. The first-order chi connectivity index (χ1) is 7.79. The fourth-order valence-electron chi connectivity index (χ4n) is 1.11. The average Bonchev–Trinajstić information content (AvgIpc) is 2.81. The fourth-order valence-corrected chi connectivity index (χ4v) is 2.43. The van der Waals surface area contributed by atoms with Crippen molar-refractivity contribution in [1.29, 1.82) is 0 Å². The number of aromatic nitrogens is 2. The van der Waals surface area contributed by atoms with E-state index in [4.69, 9.17) is 4.42 Å². The Morgan fingerprint density at radius 1 is 1.56 bits per heavy atom. The first-order valence-electron chi connectivity index (χ1n) is 4.65. The maximum absolute atomic E-state index is 5.26. The van der Waals surface area contributed by atoms with Crippen molar-refractivity contribution in [3.8, 4) is 0 Å². The van der Waals surface area contributed by atoms with Crippen LogP contribution in [0.25, 0.3) is 0 Å². The Hall–Kier alpha value is -1.01. The van der Waals surface area contributed by atoms with E-state index < -0.39 is 0 Å². The lowest BCUT2D eigenvalue weighted by Gasteiger charge is -2.04. The zero-order valence-corrected chi connectivity index (χ0v) is 11.0. The highest BCUT2D eigenvalue weighted by Crippen LogP contribution is 2.28. The van der Waals surface area contributed by atoms with Gasteiger partial charge in [0, 0.05) is 13.2 Å². The summed E-state index contributed by atoms with van der Waals surface area (Å²) in [5, 5.41) is 3.81. The molecule has 2 aromatic rings. The molecule has 0 saturated carbocycles. The molecule has 0 amide bonds. The van der Waals surface area contributed by atoms with Crippen LogP contribution < -0.4 is 5.32 Å². The fraction of sp³-hybridized carbons (Fsp3) is 0.200. The van der Waals surface area contributed by atoms with Crippen LogP contribution in [0.5, 0.6) is 0 Å². The lowest BCUT2D eigenvalue weighted by molar-refractivity contribution is 0.530. The molecule has 0 saturated heterocycles. The second-order valence-electron chi connectivity index (χ2n) is 2.96. The molecule has 84 valence electrons. The molecule has 0 atom stereocenters. The minimum absolute atomic E-state index is 0.616. The van der Waals surface area contributed by atoms with E-state index in [2.05, 4.69) is 31.2 Å². The molecule has 2 rings (SSSR count). The third-order valence-electron chi connectivity index (χ3n) is 1.87. The molecule has 0 aliphatic heterocycles. The van der Waals surface area contributed by atoms with Crippen LogP contribution in [0.3, 0.4) is 0 Å². The summed E-state index contributed by atoms with van der Waals surface area (Å²) in [6.07, 6.45) is 3.41. The van der Waals surface area contributed by atoms with E-state index in [9.17, 15) is 0 Å². The van der Waals surface area contributed by atoms with Crippen molar-refractivity contribution in [1.82, 2.24) is 9.97 Å². The Bertz CT molecular complexity index is 461. The van der Waals surface area contributed by atoms with Crippen molar-refractivity contribution >= 4 is 33.6 Å². The Labute approximate surface area is 106 Å². The van der Waals surface area contributed by atoms with Crippen molar-refractivity contribution in [2.45, 2.75) is 10.8 Å². The molecule has 1 N–H and O–H groups in total. The van der Waals surface area contributed by atoms with Gasteiger partial charge in [-0.3, -0.25) is 0 Å². The summed E-state index contributed by atoms with van der Waals surface area (Å²) in [4.78, 5) is 8.44. The predicted molar refractivity (Wildman–Crippen MR) is 67.5 cm³/mol. The number of hydrogen-bond donors (Lipinski definition) is 1. The van der Waals surface area contributed by atoms with Crippen LogP contribution >= 0.6 is 27.7 Å². The number of rotatable bonds is 4. The van der Waals surface area contributed by atoms with Gasteiger partial charge in [0.25, 0.3) is 0 Å². The molecule has 0 aliphatic rings. The molecule has 0 spiro atoms. The Kier molecular flexibility index (Phi) is 3.84. The zero-order valence-electron chi connectivity index (χ0n) is 8.61. The molecule has 2 heterocycles.